The number of β-amino-alcohol motifs (C(OH)–C–C–N with tert-alkyl or cyclic N) is 1. The Labute approximate surface area is 160 Å². The van der Waals surface area contributed by atoms with Crippen LogP contribution in [0.5, 0.6) is 0 Å². The van der Waals surface area contributed by atoms with Crippen LogP contribution in [0, 0.1) is 6.92 Å². The second-order valence-corrected chi connectivity index (χ2v) is 9.24. The van der Waals surface area contributed by atoms with Crippen LogP contribution in [0.3, 0.4) is 0 Å². The molecule has 1 saturated carbocycles. The van der Waals surface area contributed by atoms with Crippen molar-refractivity contribution in [1.82, 2.24) is 4.90 Å². The summed E-state index contributed by atoms with van der Waals surface area (Å²) in [7, 11) is 0. The van der Waals surface area contributed by atoms with E-state index in [9.17, 15) is 5.11 Å². The predicted octanol–water partition coefficient (Wildman–Crippen LogP) is 5.25. The average Bonchev–Trinajstić information content (AvgIpc) is 3.32. The standard InChI is InChI=1S/C23H26ClNO/c1-14-9-20-16(6-8-22(20)25-12-23(2,26)13-25)10-19(14)17-5-7-18(15-3-4-15)21(24)11-17/h5,7,9-11,15,22,26H,3-4,6,8,12-13H2,1-2H3. The number of benzene rings is 2. The lowest BCUT2D eigenvalue weighted by Gasteiger charge is -2.47. The van der Waals surface area contributed by atoms with Crippen LogP contribution in [0.2, 0.25) is 5.02 Å². The molecule has 3 heteroatoms. The fraction of sp³-hybridized carbons (Fsp3) is 0.478. The molecule has 26 heavy (non-hydrogen) atoms. The van der Waals surface area contributed by atoms with E-state index in [4.69, 9.17) is 11.6 Å². The molecule has 5 rings (SSSR count). The number of fused-ring (bicyclic) bond motifs is 1. The quantitative estimate of drug-likeness (QED) is 0.801. The number of hydrogen-bond donors (Lipinski definition) is 1. The Morgan fingerprint density at radius 1 is 1.08 bits per heavy atom. The predicted molar refractivity (Wildman–Crippen MR) is 107 cm³/mol. The lowest BCUT2D eigenvalue weighted by atomic mass is 9.90. The van der Waals surface area contributed by atoms with E-state index in [1.165, 1.54) is 46.2 Å². The monoisotopic (exact) mass is 367 g/mol. The van der Waals surface area contributed by atoms with Crippen molar-refractivity contribution in [3.63, 3.8) is 0 Å². The van der Waals surface area contributed by atoms with Crippen LogP contribution in [0.25, 0.3) is 11.1 Å². The van der Waals surface area contributed by atoms with Crippen molar-refractivity contribution in [3.05, 3.63) is 57.6 Å². The van der Waals surface area contributed by atoms with Crippen molar-refractivity contribution in [1.29, 1.82) is 0 Å². The first kappa shape index (κ1) is 16.8. The van der Waals surface area contributed by atoms with Gasteiger partial charge in [0, 0.05) is 24.2 Å². The summed E-state index contributed by atoms with van der Waals surface area (Å²) in [5.41, 5.74) is 7.60. The van der Waals surface area contributed by atoms with Crippen LogP contribution in [-0.2, 0) is 6.42 Å². The molecular weight excluding hydrogens is 342 g/mol. The van der Waals surface area contributed by atoms with Gasteiger partial charge in [0.25, 0.3) is 0 Å². The van der Waals surface area contributed by atoms with Crippen molar-refractivity contribution in [3.8, 4) is 11.1 Å². The van der Waals surface area contributed by atoms with Gasteiger partial charge >= 0.3 is 0 Å². The molecule has 2 nitrogen and oxygen atoms in total. The molecule has 0 bridgehead atoms. The first-order valence-electron chi connectivity index (χ1n) is 9.81. The van der Waals surface area contributed by atoms with Crippen molar-refractivity contribution in [2.45, 2.75) is 57.1 Å². The lowest BCUT2D eigenvalue weighted by molar-refractivity contribution is -0.103. The normalized spacial score (nSPS) is 24.4. The number of hydrogen-bond acceptors (Lipinski definition) is 2. The maximum Gasteiger partial charge on any atom is 0.0872 e. The zero-order valence-electron chi connectivity index (χ0n) is 15.6. The summed E-state index contributed by atoms with van der Waals surface area (Å²) in [5.74, 6) is 0.687. The molecule has 0 amide bonds. The van der Waals surface area contributed by atoms with Crippen molar-refractivity contribution in [2.24, 2.45) is 0 Å². The Morgan fingerprint density at radius 2 is 1.85 bits per heavy atom. The third kappa shape index (κ3) is 2.79. The molecule has 1 unspecified atom stereocenters. The van der Waals surface area contributed by atoms with Crippen molar-refractivity contribution in [2.75, 3.05) is 13.1 Å². The molecule has 1 heterocycles. The molecule has 2 fully saturated rings. The Bertz CT molecular complexity index is 876. The first-order chi connectivity index (χ1) is 12.4. The topological polar surface area (TPSA) is 23.5 Å². The van der Waals surface area contributed by atoms with Crippen LogP contribution in [0.15, 0.2) is 30.3 Å². The average molecular weight is 368 g/mol. The maximum atomic E-state index is 10.1. The second-order valence-electron chi connectivity index (χ2n) is 8.83. The first-order valence-corrected chi connectivity index (χ1v) is 10.2. The second kappa shape index (κ2) is 5.82. The van der Waals surface area contributed by atoms with E-state index in [1.54, 1.807) is 0 Å². The fourth-order valence-electron chi connectivity index (χ4n) is 4.91. The number of rotatable bonds is 3. The van der Waals surface area contributed by atoms with Gasteiger partial charge in [-0.15, -0.1) is 0 Å². The van der Waals surface area contributed by atoms with Gasteiger partial charge in [-0.2, -0.15) is 0 Å². The summed E-state index contributed by atoms with van der Waals surface area (Å²) in [6, 6.07) is 11.9. The summed E-state index contributed by atoms with van der Waals surface area (Å²) in [5, 5.41) is 11.0. The molecule has 1 atom stereocenters. The summed E-state index contributed by atoms with van der Waals surface area (Å²) >= 11 is 6.57. The van der Waals surface area contributed by atoms with Gasteiger partial charge in [0.15, 0.2) is 0 Å². The van der Waals surface area contributed by atoms with E-state index in [2.05, 4.69) is 42.2 Å². The Hall–Kier alpha value is -1.35. The third-order valence-corrected chi connectivity index (χ3v) is 6.72. The number of likely N-dealkylation sites (tertiary alicyclic amines) is 1. The maximum absolute atomic E-state index is 10.1. The van der Waals surface area contributed by atoms with E-state index < -0.39 is 5.60 Å². The number of halogens is 1. The van der Waals surface area contributed by atoms with E-state index in [1.807, 2.05) is 6.92 Å². The molecule has 2 aromatic rings. The minimum absolute atomic E-state index is 0.471. The van der Waals surface area contributed by atoms with Gasteiger partial charge in [-0.3, -0.25) is 4.90 Å². The zero-order valence-corrected chi connectivity index (χ0v) is 16.3. The molecule has 1 saturated heterocycles. The zero-order chi connectivity index (χ0) is 18.1. The van der Waals surface area contributed by atoms with Crippen LogP contribution in [-0.4, -0.2) is 28.7 Å². The Kier molecular flexibility index (Phi) is 3.76. The number of aliphatic hydroxyl groups is 1. The van der Waals surface area contributed by atoms with E-state index in [0.717, 1.165) is 31.0 Å². The van der Waals surface area contributed by atoms with Crippen LogP contribution >= 0.6 is 11.6 Å². The highest BCUT2D eigenvalue weighted by molar-refractivity contribution is 6.31. The summed E-state index contributed by atoms with van der Waals surface area (Å²) < 4.78 is 0. The van der Waals surface area contributed by atoms with Gasteiger partial charge in [0.2, 0.25) is 0 Å². The van der Waals surface area contributed by atoms with E-state index >= 15 is 0 Å². The van der Waals surface area contributed by atoms with Crippen LogP contribution in [0.4, 0.5) is 0 Å². The van der Waals surface area contributed by atoms with Crippen LogP contribution in [0.1, 0.15) is 60.4 Å². The highest BCUT2D eigenvalue weighted by atomic mass is 35.5. The van der Waals surface area contributed by atoms with Crippen molar-refractivity contribution >= 4 is 11.6 Å². The smallest absolute Gasteiger partial charge is 0.0872 e. The van der Waals surface area contributed by atoms with Gasteiger partial charge in [-0.05, 0) is 84.9 Å². The molecule has 0 aromatic heterocycles. The minimum atomic E-state index is -0.502. The van der Waals surface area contributed by atoms with Gasteiger partial charge in [-0.25, -0.2) is 0 Å². The molecule has 3 aliphatic rings. The number of nitrogens with zero attached hydrogens (tertiary/aromatic N) is 1. The molecule has 2 aliphatic carbocycles. The van der Waals surface area contributed by atoms with Gasteiger partial charge in [0.05, 0.1) is 5.60 Å². The fourth-order valence-corrected chi connectivity index (χ4v) is 5.24. The minimum Gasteiger partial charge on any atom is -0.388 e. The molecular formula is C23H26ClNO. The molecule has 0 spiro atoms. The molecule has 136 valence electrons. The highest BCUT2D eigenvalue weighted by Gasteiger charge is 2.42. The molecule has 2 aromatic carbocycles. The van der Waals surface area contributed by atoms with E-state index in [0.29, 0.717) is 12.0 Å². The van der Waals surface area contributed by atoms with E-state index in [-0.39, 0.29) is 0 Å². The molecule has 1 N–H and O–H groups in total. The van der Waals surface area contributed by atoms with Gasteiger partial charge in [-0.1, -0.05) is 35.9 Å². The van der Waals surface area contributed by atoms with Gasteiger partial charge in [0.1, 0.15) is 0 Å². The van der Waals surface area contributed by atoms with Crippen molar-refractivity contribution < 1.29 is 5.11 Å². The third-order valence-electron chi connectivity index (χ3n) is 6.39. The number of aryl methyl sites for hydroxylation is 2. The highest BCUT2D eigenvalue weighted by Crippen LogP contribution is 2.45. The SMILES string of the molecule is Cc1cc2c(cc1-c1ccc(C3CC3)c(Cl)c1)CCC2N1CC(C)(O)C1. The molecule has 1 aliphatic heterocycles. The van der Waals surface area contributed by atoms with Gasteiger partial charge < -0.3 is 5.11 Å². The molecule has 0 radical (unpaired) electrons. The largest absolute Gasteiger partial charge is 0.388 e. The summed E-state index contributed by atoms with van der Waals surface area (Å²) in [6.07, 6.45) is 4.85. The lowest BCUT2D eigenvalue weighted by Crippen LogP contribution is -2.60. The van der Waals surface area contributed by atoms with Crippen LogP contribution < -0.4 is 0 Å². The summed E-state index contributed by atoms with van der Waals surface area (Å²) in [6.45, 7) is 5.72. The summed E-state index contributed by atoms with van der Waals surface area (Å²) in [4.78, 5) is 2.42. The Morgan fingerprint density at radius 3 is 2.50 bits per heavy atom. The Balaban J connectivity index is 1.46.